The minimum absolute atomic E-state index is 0.0708. The molecule has 0 aliphatic heterocycles. The molecule has 2 aromatic carbocycles. The predicted molar refractivity (Wildman–Crippen MR) is 119 cm³/mol. The summed E-state index contributed by atoms with van der Waals surface area (Å²) in [5.41, 5.74) is -3.76. The van der Waals surface area contributed by atoms with Gasteiger partial charge in [-0.3, -0.25) is 9.79 Å². The lowest BCUT2D eigenvalue weighted by molar-refractivity contribution is -0.232. The van der Waals surface area contributed by atoms with E-state index in [0.29, 0.717) is 11.8 Å². The van der Waals surface area contributed by atoms with Gasteiger partial charge in [-0.05, 0) is 55.5 Å². The average Bonchev–Trinajstić information content (AvgIpc) is 2.78. The number of hydrogen-bond acceptors (Lipinski definition) is 4. The summed E-state index contributed by atoms with van der Waals surface area (Å²) >= 11 is 0. The lowest BCUT2D eigenvalue weighted by Crippen LogP contribution is -2.47. The van der Waals surface area contributed by atoms with Crippen LogP contribution >= 0.6 is 0 Å². The fourth-order valence-corrected chi connectivity index (χ4v) is 3.86. The molecule has 0 aliphatic carbocycles. The van der Waals surface area contributed by atoms with Gasteiger partial charge in [-0.2, -0.15) is 13.2 Å². The lowest BCUT2D eigenvalue weighted by atomic mass is 9.83. The highest BCUT2D eigenvalue weighted by Gasteiger charge is 2.53. The van der Waals surface area contributed by atoms with Gasteiger partial charge >= 0.3 is 6.18 Å². The number of aliphatic imine (C=N–C) groups is 1. The van der Waals surface area contributed by atoms with Gasteiger partial charge in [0.25, 0.3) is 0 Å². The van der Waals surface area contributed by atoms with Crippen molar-refractivity contribution in [2.24, 2.45) is 4.99 Å². The van der Waals surface area contributed by atoms with Crippen molar-refractivity contribution in [3.63, 3.8) is 0 Å². The summed E-state index contributed by atoms with van der Waals surface area (Å²) in [5, 5.41) is 10.8. The van der Waals surface area contributed by atoms with Crippen LogP contribution in [0.3, 0.4) is 0 Å². The Morgan fingerprint density at radius 2 is 1.79 bits per heavy atom. The molecule has 3 rings (SSSR count). The number of benzene rings is 2. The van der Waals surface area contributed by atoms with E-state index >= 15 is 0 Å². The molecule has 34 heavy (non-hydrogen) atoms. The molecule has 2 atom stereocenters. The van der Waals surface area contributed by atoms with E-state index in [1.54, 1.807) is 6.92 Å². The zero-order chi connectivity index (χ0) is 25.3. The summed E-state index contributed by atoms with van der Waals surface area (Å²) in [6.45, 7) is 3.09. The molecule has 3 aromatic rings. The highest BCUT2D eigenvalue weighted by atomic mass is 19.4. The molecule has 1 aromatic heterocycles. The van der Waals surface area contributed by atoms with Crippen LogP contribution in [0.15, 0.2) is 46.2 Å². The average molecular weight is 482 g/mol. The zero-order valence-electron chi connectivity index (χ0n) is 18.6. The number of nitrogens with zero attached hydrogens (tertiary/aromatic N) is 1. The first-order valence-electron chi connectivity index (χ1n) is 10.4. The number of aromatic nitrogens is 1. The van der Waals surface area contributed by atoms with Gasteiger partial charge in [0.15, 0.2) is 5.60 Å². The van der Waals surface area contributed by atoms with Gasteiger partial charge in [0.05, 0.1) is 18.3 Å². The Balaban J connectivity index is 2.06. The van der Waals surface area contributed by atoms with Gasteiger partial charge in [-0.1, -0.05) is 13.0 Å². The minimum Gasteiger partial charge on any atom is -0.496 e. The number of alkyl halides is 3. The van der Waals surface area contributed by atoms with Crippen molar-refractivity contribution < 1.29 is 31.8 Å². The SMILES string of the molecule is CC[C@H](C[C@@](O)(C=Nc1ccc(F)c2[nH]c(=O)ccc12)C(F)(F)F)c1ccc(F)c(C)c1OC. The van der Waals surface area contributed by atoms with Crippen molar-refractivity contribution in [2.45, 2.75) is 44.4 Å². The summed E-state index contributed by atoms with van der Waals surface area (Å²) in [6.07, 6.45) is -5.35. The van der Waals surface area contributed by atoms with Crippen LogP contribution in [0, 0.1) is 18.6 Å². The Morgan fingerprint density at radius 3 is 2.41 bits per heavy atom. The Kier molecular flexibility index (Phi) is 7.11. The molecule has 0 bridgehead atoms. The lowest BCUT2D eigenvalue weighted by Gasteiger charge is -2.31. The van der Waals surface area contributed by atoms with E-state index in [0.717, 1.165) is 24.3 Å². The van der Waals surface area contributed by atoms with E-state index in [-0.39, 0.29) is 34.3 Å². The van der Waals surface area contributed by atoms with E-state index in [1.807, 2.05) is 0 Å². The molecule has 0 amide bonds. The number of H-pyrrole nitrogens is 1. The van der Waals surface area contributed by atoms with Gasteiger partial charge in [0.1, 0.15) is 17.4 Å². The normalized spacial score (nSPS) is 15.0. The molecule has 0 radical (unpaired) electrons. The fraction of sp³-hybridized carbons (Fsp3) is 0.333. The smallest absolute Gasteiger partial charge is 0.422 e. The second-order valence-electron chi connectivity index (χ2n) is 7.96. The van der Waals surface area contributed by atoms with Crippen LogP contribution in [0.2, 0.25) is 0 Å². The van der Waals surface area contributed by atoms with Gasteiger partial charge in [-0.15, -0.1) is 0 Å². The van der Waals surface area contributed by atoms with Crippen molar-refractivity contribution in [2.75, 3.05) is 7.11 Å². The maximum Gasteiger partial charge on any atom is 0.422 e. The van der Waals surface area contributed by atoms with Crippen LogP contribution in [-0.4, -0.2) is 35.2 Å². The number of fused-ring (bicyclic) bond motifs is 1. The quantitative estimate of drug-likeness (QED) is 0.335. The second kappa shape index (κ2) is 9.54. The standard InChI is InChI=1S/C24H23F5N2O3/c1-4-14(15-5-7-17(25)13(2)22(15)34-3)11-23(33,24(27,28)29)12-30-19-9-8-18(26)21-16(19)6-10-20(32)31-21/h5-10,12,14,33H,4,11H2,1-3H3,(H,31,32)/t14-,23-/m1/s1. The van der Waals surface area contributed by atoms with Crippen molar-refractivity contribution >= 4 is 22.8 Å². The van der Waals surface area contributed by atoms with E-state index in [9.17, 15) is 31.9 Å². The maximum atomic E-state index is 14.1. The molecule has 0 spiro atoms. The van der Waals surface area contributed by atoms with E-state index < -0.39 is 41.3 Å². The van der Waals surface area contributed by atoms with Gasteiger partial charge in [-0.25, -0.2) is 8.78 Å². The second-order valence-corrected chi connectivity index (χ2v) is 7.96. The number of methoxy groups -OCH3 is 1. The summed E-state index contributed by atoms with van der Waals surface area (Å²) in [7, 11) is 1.29. The summed E-state index contributed by atoms with van der Waals surface area (Å²) in [4.78, 5) is 17.6. The third-order valence-corrected chi connectivity index (χ3v) is 5.79. The molecule has 2 N–H and O–H groups in total. The number of ether oxygens (including phenoxy) is 1. The monoisotopic (exact) mass is 482 g/mol. The number of nitrogens with one attached hydrogen (secondary N) is 1. The molecule has 0 unspecified atom stereocenters. The van der Waals surface area contributed by atoms with E-state index in [2.05, 4.69) is 9.98 Å². The highest BCUT2D eigenvalue weighted by molar-refractivity contribution is 5.92. The summed E-state index contributed by atoms with van der Waals surface area (Å²) in [5.74, 6) is -2.08. The Hall–Kier alpha value is -3.27. The van der Waals surface area contributed by atoms with Crippen molar-refractivity contribution in [3.05, 3.63) is 69.5 Å². The number of rotatable bonds is 7. The molecular weight excluding hydrogens is 459 g/mol. The molecule has 182 valence electrons. The third-order valence-electron chi connectivity index (χ3n) is 5.79. The minimum atomic E-state index is -5.10. The third kappa shape index (κ3) is 4.82. The van der Waals surface area contributed by atoms with Gasteiger partial charge in [0, 0.05) is 23.2 Å². The van der Waals surface area contributed by atoms with Gasteiger partial charge in [0.2, 0.25) is 5.56 Å². The first-order valence-corrected chi connectivity index (χ1v) is 10.4. The Morgan fingerprint density at radius 1 is 1.12 bits per heavy atom. The number of halogens is 5. The number of aromatic amines is 1. The van der Waals surface area contributed by atoms with Crippen LogP contribution in [-0.2, 0) is 0 Å². The Bertz CT molecular complexity index is 1290. The fourth-order valence-electron chi connectivity index (χ4n) is 3.86. The molecule has 5 nitrogen and oxygen atoms in total. The molecular formula is C24H23F5N2O3. The van der Waals surface area contributed by atoms with Crippen molar-refractivity contribution in [3.8, 4) is 5.75 Å². The largest absolute Gasteiger partial charge is 0.496 e. The van der Waals surface area contributed by atoms with Crippen LogP contribution in [0.5, 0.6) is 5.75 Å². The molecule has 0 saturated heterocycles. The first kappa shape index (κ1) is 25.4. The first-order chi connectivity index (χ1) is 15.9. The molecule has 1 heterocycles. The van der Waals surface area contributed by atoms with Crippen molar-refractivity contribution in [1.29, 1.82) is 0 Å². The number of hydrogen-bond donors (Lipinski definition) is 2. The van der Waals surface area contributed by atoms with E-state index in [4.69, 9.17) is 4.74 Å². The predicted octanol–water partition coefficient (Wildman–Crippen LogP) is 5.70. The summed E-state index contributed by atoms with van der Waals surface area (Å²) < 4.78 is 75.4. The number of aliphatic hydroxyl groups is 1. The Labute approximate surface area is 191 Å². The molecule has 0 aliphatic rings. The van der Waals surface area contributed by atoms with Crippen LogP contribution in [0.1, 0.15) is 36.8 Å². The maximum absolute atomic E-state index is 14.1. The molecule has 0 saturated carbocycles. The topological polar surface area (TPSA) is 74.7 Å². The van der Waals surface area contributed by atoms with E-state index in [1.165, 1.54) is 26.2 Å². The van der Waals surface area contributed by atoms with Crippen LogP contribution < -0.4 is 10.3 Å². The van der Waals surface area contributed by atoms with Crippen LogP contribution in [0.25, 0.3) is 10.9 Å². The summed E-state index contributed by atoms with van der Waals surface area (Å²) in [6, 6.07) is 6.91. The number of pyridine rings is 1. The highest BCUT2D eigenvalue weighted by Crippen LogP contribution is 2.42. The van der Waals surface area contributed by atoms with Crippen molar-refractivity contribution in [1.82, 2.24) is 4.98 Å². The van der Waals surface area contributed by atoms with Gasteiger partial charge < -0.3 is 14.8 Å². The van der Waals surface area contributed by atoms with Crippen LogP contribution in [0.4, 0.5) is 27.6 Å². The zero-order valence-corrected chi connectivity index (χ0v) is 18.6. The molecule has 10 heteroatoms. The molecule has 0 fully saturated rings.